The minimum Gasteiger partial charge on any atom is -0.445 e. The molecular formula is C24H22F3N3O4. The zero-order valence-corrected chi connectivity index (χ0v) is 17.9. The Labute approximate surface area is 193 Å². The smallest absolute Gasteiger partial charge is 0.407 e. The highest BCUT2D eigenvalue weighted by molar-refractivity contribution is 5.85. The summed E-state index contributed by atoms with van der Waals surface area (Å²) < 4.78 is 47.5. The number of aromatic nitrogens is 1. The number of pyridine rings is 1. The minimum atomic E-state index is -1.53. The van der Waals surface area contributed by atoms with Gasteiger partial charge in [-0.25, -0.2) is 18.0 Å². The molecule has 10 heteroatoms. The number of nitrogens with one attached hydrogen (secondary N) is 1. The summed E-state index contributed by atoms with van der Waals surface area (Å²) in [6.45, 7) is -0.115. The lowest BCUT2D eigenvalue weighted by molar-refractivity contribution is -0.118. The number of hydrogen-bond donors (Lipinski definition) is 3. The number of amides is 2. The topological polar surface area (TPSA) is 115 Å². The van der Waals surface area contributed by atoms with Crippen LogP contribution in [0.1, 0.15) is 29.2 Å². The fourth-order valence-corrected chi connectivity index (χ4v) is 3.32. The number of halogens is 3. The number of carbonyl (C=O) groups excluding carboxylic acids is 2. The van der Waals surface area contributed by atoms with E-state index in [-0.39, 0.29) is 31.1 Å². The van der Waals surface area contributed by atoms with Crippen LogP contribution in [0.4, 0.5) is 18.0 Å². The second-order valence-corrected chi connectivity index (χ2v) is 7.30. The Morgan fingerprint density at radius 1 is 1.03 bits per heavy atom. The Kier molecular flexibility index (Phi) is 8.20. The average molecular weight is 473 g/mol. The molecule has 3 rings (SSSR count). The maximum Gasteiger partial charge on any atom is 0.407 e. The van der Waals surface area contributed by atoms with Crippen molar-refractivity contribution in [1.29, 1.82) is 0 Å². The van der Waals surface area contributed by atoms with Gasteiger partial charge in [0.1, 0.15) is 30.0 Å². The Morgan fingerprint density at radius 3 is 2.32 bits per heavy atom. The first kappa shape index (κ1) is 24.7. The third-order valence-electron chi connectivity index (χ3n) is 4.95. The summed E-state index contributed by atoms with van der Waals surface area (Å²) in [7, 11) is 0. The van der Waals surface area contributed by atoms with Crippen LogP contribution in [0, 0.1) is 17.5 Å². The van der Waals surface area contributed by atoms with Crippen LogP contribution < -0.4 is 11.1 Å². The number of rotatable bonds is 9. The normalized spacial score (nSPS) is 11.6. The van der Waals surface area contributed by atoms with Crippen molar-refractivity contribution in [2.75, 3.05) is 13.2 Å². The third kappa shape index (κ3) is 5.90. The summed E-state index contributed by atoms with van der Waals surface area (Å²) in [5.41, 5.74) is 5.93. The number of hydrogen-bond acceptors (Lipinski definition) is 5. The van der Waals surface area contributed by atoms with Crippen molar-refractivity contribution in [3.63, 3.8) is 0 Å². The van der Waals surface area contributed by atoms with E-state index >= 15 is 0 Å². The number of benzene rings is 2. The summed E-state index contributed by atoms with van der Waals surface area (Å²) in [5.74, 6) is -4.96. The molecule has 1 heterocycles. The lowest BCUT2D eigenvalue weighted by Crippen LogP contribution is -2.26. The van der Waals surface area contributed by atoms with Gasteiger partial charge in [0.15, 0.2) is 0 Å². The maximum atomic E-state index is 14.4. The van der Waals surface area contributed by atoms with Crippen LogP contribution >= 0.6 is 0 Å². The number of aliphatic hydroxyl groups excluding tert-OH is 1. The number of carbonyl (C=O) groups is 2. The highest BCUT2D eigenvalue weighted by atomic mass is 19.1. The van der Waals surface area contributed by atoms with Crippen LogP contribution in [-0.2, 0) is 16.1 Å². The van der Waals surface area contributed by atoms with Gasteiger partial charge in [0.2, 0.25) is 5.91 Å². The van der Waals surface area contributed by atoms with Crippen LogP contribution in [0.2, 0.25) is 0 Å². The number of aliphatic hydroxyl groups is 1. The first-order valence-electron chi connectivity index (χ1n) is 10.3. The molecule has 4 N–H and O–H groups in total. The van der Waals surface area contributed by atoms with Crippen molar-refractivity contribution in [3.8, 4) is 11.3 Å². The van der Waals surface area contributed by atoms with E-state index in [4.69, 9.17) is 15.6 Å². The number of alkyl carbamates (subject to hydrolysis) is 1. The van der Waals surface area contributed by atoms with Crippen LogP contribution in [0.15, 0.2) is 54.6 Å². The van der Waals surface area contributed by atoms with Crippen LogP contribution in [0.3, 0.4) is 0 Å². The van der Waals surface area contributed by atoms with E-state index in [0.29, 0.717) is 17.5 Å². The van der Waals surface area contributed by atoms with Crippen molar-refractivity contribution < 1.29 is 32.6 Å². The molecule has 0 aliphatic rings. The molecule has 0 bridgehead atoms. The SMILES string of the molecule is NC(=O)C(c1ccc(COC(=O)NCCCO)c(-c2ccc(F)cc2)n1)c1c(F)cccc1F. The van der Waals surface area contributed by atoms with E-state index in [9.17, 15) is 22.8 Å². The zero-order chi connectivity index (χ0) is 24.7. The Hall–Kier alpha value is -3.92. The van der Waals surface area contributed by atoms with Gasteiger partial charge in [0.25, 0.3) is 0 Å². The highest BCUT2D eigenvalue weighted by Crippen LogP contribution is 2.31. The molecule has 0 radical (unpaired) electrons. The molecule has 0 saturated heterocycles. The van der Waals surface area contributed by atoms with Gasteiger partial charge in [-0.3, -0.25) is 9.78 Å². The van der Waals surface area contributed by atoms with Gasteiger partial charge in [-0.15, -0.1) is 0 Å². The van der Waals surface area contributed by atoms with Crippen LogP contribution in [-0.4, -0.2) is 35.2 Å². The molecule has 0 fully saturated rings. The van der Waals surface area contributed by atoms with Crippen molar-refractivity contribution in [2.45, 2.75) is 18.9 Å². The zero-order valence-electron chi connectivity index (χ0n) is 17.9. The molecule has 2 amide bonds. The molecule has 0 spiro atoms. The van der Waals surface area contributed by atoms with Gasteiger partial charge in [0.05, 0.1) is 11.4 Å². The second-order valence-electron chi connectivity index (χ2n) is 7.30. The monoisotopic (exact) mass is 473 g/mol. The van der Waals surface area contributed by atoms with Crippen LogP contribution in [0.5, 0.6) is 0 Å². The second kappa shape index (κ2) is 11.3. The maximum absolute atomic E-state index is 14.4. The van der Waals surface area contributed by atoms with Crippen molar-refractivity contribution in [2.24, 2.45) is 5.73 Å². The summed E-state index contributed by atoms with van der Waals surface area (Å²) >= 11 is 0. The van der Waals surface area contributed by atoms with Gasteiger partial charge in [0, 0.05) is 29.8 Å². The van der Waals surface area contributed by atoms with Crippen molar-refractivity contribution >= 4 is 12.0 Å². The van der Waals surface area contributed by atoms with Gasteiger partial charge in [-0.1, -0.05) is 12.1 Å². The predicted molar refractivity (Wildman–Crippen MR) is 117 cm³/mol. The number of ether oxygens (including phenoxy) is 1. The molecule has 34 heavy (non-hydrogen) atoms. The number of primary amides is 1. The van der Waals surface area contributed by atoms with Crippen molar-refractivity contribution in [3.05, 3.63) is 88.9 Å². The van der Waals surface area contributed by atoms with E-state index in [2.05, 4.69) is 10.3 Å². The average Bonchev–Trinajstić information content (AvgIpc) is 2.81. The molecule has 0 aliphatic carbocycles. The third-order valence-corrected chi connectivity index (χ3v) is 4.95. The summed E-state index contributed by atoms with van der Waals surface area (Å²) in [4.78, 5) is 28.5. The summed E-state index contributed by atoms with van der Waals surface area (Å²) in [6, 6.07) is 11.3. The van der Waals surface area contributed by atoms with E-state index in [0.717, 1.165) is 18.2 Å². The van der Waals surface area contributed by atoms with E-state index < -0.39 is 40.9 Å². The quantitative estimate of drug-likeness (QED) is 0.412. The fourth-order valence-electron chi connectivity index (χ4n) is 3.32. The predicted octanol–water partition coefficient (Wildman–Crippen LogP) is 3.39. The molecule has 2 aromatic carbocycles. The number of nitrogens with two attached hydrogens (primary N) is 1. The molecule has 0 saturated carbocycles. The van der Waals surface area contributed by atoms with Crippen molar-refractivity contribution in [1.82, 2.24) is 10.3 Å². The molecule has 1 aromatic heterocycles. The van der Waals surface area contributed by atoms with Gasteiger partial charge >= 0.3 is 6.09 Å². The first-order chi connectivity index (χ1) is 16.3. The standard InChI is InChI=1S/C24H22F3N3O4/c25-16-8-5-14(6-9-16)22-15(13-34-24(33)29-11-2-12-31)7-10-19(30-22)21(23(28)32)20-17(26)3-1-4-18(20)27/h1,3-10,21,31H,2,11-13H2,(H2,28,32)(H,29,33). The van der Waals surface area contributed by atoms with E-state index in [1.165, 1.54) is 36.4 Å². The lowest BCUT2D eigenvalue weighted by atomic mass is 9.92. The fraction of sp³-hybridized carbons (Fsp3) is 0.208. The minimum absolute atomic E-state index is 0.0352. The molecule has 1 unspecified atom stereocenters. The van der Waals surface area contributed by atoms with Gasteiger partial charge in [-0.2, -0.15) is 0 Å². The summed E-state index contributed by atoms with van der Waals surface area (Å²) in [6.07, 6.45) is -0.376. The summed E-state index contributed by atoms with van der Waals surface area (Å²) in [5, 5.41) is 11.3. The van der Waals surface area contributed by atoms with Crippen LogP contribution in [0.25, 0.3) is 11.3 Å². The Morgan fingerprint density at radius 2 is 1.71 bits per heavy atom. The molecule has 7 nitrogen and oxygen atoms in total. The Balaban J connectivity index is 2.01. The lowest BCUT2D eigenvalue weighted by Gasteiger charge is -2.18. The molecular weight excluding hydrogens is 451 g/mol. The Bertz CT molecular complexity index is 1150. The van der Waals surface area contributed by atoms with Gasteiger partial charge in [-0.05, 0) is 48.9 Å². The van der Waals surface area contributed by atoms with E-state index in [1.54, 1.807) is 0 Å². The molecule has 3 aromatic rings. The molecule has 1 atom stereocenters. The largest absolute Gasteiger partial charge is 0.445 e. The van der Waals surface area contributed by atoms with Gasteiger partial charge < -0.3 is 20.9 Å². The number of nitrogens with zero attached hydrogens (tertiary/aromatic N) is 1. The van der Waals surface area contributed by atoms with E-state index in [1.807, 2.05) is 0 Å². The highest BCUT2D eigenvalue weighted by Gasteiger charge is 2.29. The molecule has 0 aliphatic heterocycles. The molecule has 178 valence electrons. The first-order valence-corrected chi connectivity index (χ1v) is 10.3.